The highest BCUT2D eigenvalue weighted by molar-refractivity contribution is 5.62. The second-order valence-electron chi connectivity index (χ2n) is 8.11. The molecule has 2 aliphatic rings. The number of hydrogen-bond donors (Lipinski definition) is 0. The number of benzene rings is 2. The average molecular weight is 321 g/mol. The third kappa shape index (κ3) is 2.53. The predicted molar refractivity (Wildman–Crippen MR) is 101 cm³/mol. The van der Waals surface area contributed by atoms with Gasteiger partial charge in [-0.15, -0.1) is 0 Å². The molecular weight excluding hydrogens is 292 g/mol. The first-order valence-electron chi connectivity index (χ1n) is 9.32. The van der Waals surface area contributed by atoms with Crippen molar-refractivity contribution in [2.45, 2.75) is 44.8 Å². The van der Waals surface area contributed by atoms with Crippen LogP contribution in [0.1, 0.15) is 37.3 Å². The van der Waals surface area contributed by atoms with Gasteiger partial charge in [-0.3, -0.25) is 0 Å². The van der Waals surface area contributed by atoms with Crippen LogP contribution in [0.15, 0.2) is 54.6 Å². The van der Waals surface area contributed by atoms with Gasteiger partial charge in [0.2, 0.25) is 0 Å². The third-order valence-electron chi connectivity index (χ3n) is 6.50. The fourth-order valence-corrected chi connectivity index (χ4v) is 4.66. The van der Waals surface area contributed by atoms with Gasteiger partial charge in [-0.2, -0.15) is 0 Å². The van der Waals surface area contributed by atoms with Crippen LogP contribution in [0, 0.1) is 0 Å². The Morgan fingerprint density at radius 2 is 1.75 bits per heavy atom. The van der Waals surface area contributed by atoms with Gasteiger partial charge in [-0.05, 0) is 31.0 Å². The quantitative estimate of drug-likeness (QED) is 0.757. The summed E-state index contributed by atoms with van der Waals surface area (Å²) in [7, 11) is 2.45. The number of quaternary nitrogens is 1. The summed E-state index contributed by atoms with van der Waals surface area (Å²) in [5.41, 5.74) is 4.45. The normalized spacial score (nSPS) is 28.8. The van der Waals surface area contributed by atoms with E-state index in [0.29, 0.717) is 18.0 Å². The maximum Gasteiger partial charge on any atom is 0.0877 e. The van der Waals surface area contributed by atoms with Crippen molar-refractivity contribution in [3.05, 3.63) is 65.7 Å². The average Bonchev–Trinajstić information content (AvgIpc) is 2.89. The van der Waals surface area contributed by atoms with Gasteiger partial charge < -0.3 is 9.38 Å². The number of fused-ring (bicyclic) bond motifs is 3. The molecule has 1 fully saturated rings. The molecule has 24 heavy (non-hydrogen) atoms. The molecule has 2 nitrogen and oxygen atoms in total. The van der Waals surface area contributed by atoms with E-state index < -0.39 is 0 Å². The second-order valence-corrected chi connectivity index (χ2v) is 8.11. The monoisotopic (exact) mass is 321 g/mol. The highest BCUT2D eigenvalue weighted by Crippen LogP contribution is 2.46. The molecule has 3 unspecified atom stereocenters. The molecule has 0 bridgehead atoms. The minimum atomic E-state index is 0.660. The van der Waals surface area contributed by atoms with Crippen molar-refractivity contribution in [1.82, 2.24) is 0 Å². The van der Waals surface area contributed by atoms with E-state index in [4.69, 9.17) is 0 Å². The van der Waals surface area contributed by atoms with Crippen LogP contribution in [0.5, 0.6) is 0 Å². The topological polar surface area (TPSA) is 3.24 Å². The molecule has 2 aromatic carbocycles. The Bertz CT molecular complexity index is 709. The maximum atomic E-state index is 2.68. The molecule has 0 aliphatic carbocycles. The zero-order chi connectivity index (χ0) is 16.7. The highest BCUT2D eigenvalue weighted by atomic mass is 15.4. The van der Waals surface area contributed by atoms with Gasteiger partial charge >= 0.3 is 0 Å². The fourth-order valence-electron chi connectivity index (χ4n) is 4.66. The van der Waals surface area contributed by atoms with Crippen LogP contribution in [0.25, 0.3) is 0 Å². The van der Waals surface area contributed by atoms with E-state index >= 15 is 0 Å². The lowest BCUT2D eigenvalue weighted by Crippen LogP contribution is -2.59. The van der Waals surface area contributed by atoms with E-state index in [1.54, 1.807) is 5.56 Å². The van der Waals surface area contributed by atoms with Crippen LogP contribution >= 0.6 is 0 Å². The van der Waals surface area contributed by atoms with E-state index in [1.165, 1.54) is 35.2 Å². The smallest absolute Gasteiger partial charge is 0.0877 e. The summed E-state index contributed by atoms with van der Waals surface area (Å²) in [6.07, 6.45) is 1.29. The van der Waals surface area contributed by atoms with Crippen molar-refractivity contribution in [1.29, 1.82) is 0 Å². The van der Waals surface area contributed by atoms with Crippen molar-refractivity contribution in [2.24, 2.45) is 0 Å². The van der Waals surface area contributed by atoms with Gasteiger partial charge in [0.25, 0.3) is 0 Å². The van der Waals surface area contributed by atoms with Crippen LogP contribution in [-0.2, 0) is 6.54 Å². The van der Waals surface area contributed by atoms with Gasteiger partial charge in [-0.25, -0.2) is 0 Å². The standard InChI is InChI=1S/C22H29N2/c1-17(2)24(3)14-13-22-20(16-24)19-11-7-8-12-21(19)23(22)15-18-9-5-4-6-10-18/h4-12,17,20,22H,13-16H2,1-3H3/q+1. The molecule has 2 aliphatic heterocycles. The number of nitrogens with zero attached hydrogens (tertiary/aromatic N) is 2. The van der Waals surface area contributed by atoms with E-state index in [0.717, 1.165) is 6.54 Å². The lowest BCUT2D eigenvalue weighted by Gasteiger charge is -2.47. The van der Waals surface area contributed by atoms with Gasteiger partial charge in [-0.1, -0.05) is 48.5 Å². The molecule has 4 rings (SSSR count). The van der Waals surface area contributed by atoms with Crippen LogP contribution in [0.2, 0.25) is 0 Å². The molecule has 2 aromatic rings. The van der Waals surface area contributed by atoms with Crippen molar-refractivity contribution in [3.8, 4) is 0 Å². The first-order chi connectivity index (χ1) is 11.6. The summed E-state index contributed by atoms with van der Waals surface area (Å²) < 4.78 is 1.20. The van der Waals surface area contributed by atoms with Gasteiger partial charge in [0.15, 0.2) is 0 Å². The zero-order valence-corrected chi connectivity index (χ0v) is 15.2. The highest BCUT2D eigenvalue weighted by Gasteiger charge is 2.47. The minimum absolute atomic E-state index is 0.660. The van der Waals surface area contributed by atoms with Gasteiger partial charge in [0.05, 0.1) is 32.1 Å². The van der Waals surface area contributed by atoms with E-state index in [2.05, 4.69) is 80.4 Å². The van der Waals surface area contributed by atoms with Gasteiger partial charge in [0, 0.05) is 24.7 Å². The van der Waals surface area contributed by atoms with Crippen LogP contribution in [-0.4, -0.2) is 36.7 Å². The molecule has 126 valence electrons. The molecule has 0 N–H and O–H groups in total. The van der Waals surface area contributed by atoms with E-state index in [9.17, 15) is 0 Å². The summed E-state index contributed by atoms with van der Waals surface area (Å²) in [5, 5.41) is 0. The molecule has 3 atom stereocenters. The molecule has 2 heteroatoms. The zero-order valence-electron chi connectivity index (χ0n) is 15.2. The summed E-state index contributed by atoms with van der Waals surface area (Å²) >= 11 is 0. The first kappa shape index (κ1) is 15.7. The summed E-state index contributed by atoms with van der Waals surface area (Å²) in [4.78, 5) is 2.68. The Labute approximate surface area is 146 Å². The molecule has 0 amide bonds. The van der Waals surface area contributed by atoms with Crippen LogP contribution in [0.4, 0.5) is 5.69 Å². The first-order valence-corrected chi connectivity index (χ1v) is 9.32. The molecule has 0 saturated carbocycles. The van der Waals surface area contributed by atoms with Crippen molar-refractivity contribution < 1.29 is 4.48 Å². The maximum absolute atomic E-state index is 2.68. The predicted octanol–water partition coefficient (Wildman–Crippen LogP) is 4.42. The Morgan fingerprint density at radius 1 is 1.04 bits per heavy atom. The summed E-state index contributed by atoms with van der Waals surface area (Å²) in [6, 6.07) is 21.4. The molecule has 0 aromatic heterocycles. The SMILES string of the molecule is CC(C)[N+]1(C)CCC2C(C1)c1ccccc1N2Cc1ccccc1. The Kier molecular flexibility index (Phi) is 3.88. The molecule has 0 spiro atoms. The summed E-state index contributed by atoms with van der Waals surface area (Å²) in [6.45, 7) is 8.35. The Hall–Kier alpha value is -1.80. The lowest BCUT2D eigenvalue weighted by atomic mass is 9.87. The van der Waals surface area contributed by atoms with Crippen LogP contribution < -0.4 is 4.90 Å². The summed E-state index contributed by atoms with van der Waals surface area (Å²) in [5.74, 6) is 0.672. The Balaban J connectivity index is 1.68. The van der Waals surface area contributed by atoms with Gasteiger partial charge in [0.1, 0.15) is 0 Å². The van der Waals surface area contributed by atoms with Crippen molar-refractivity contribution in [2.75, 3.05) is 25.0 Å². The number of hydrogen-bond acceptors (Lipinski definition) is 1. The van der Waals surface area contributed by atoms with Crippen LogP contribution in [0.3, 0.4) is 0 Å². The number of likely N-dealkylation sites (tertiary alicyclic amines) is 1. The molecular formula is C22H29N2+. The number of piperidine rings is 1. The number of para-hydroxylation sites is 1. The molecule has 1 saturated heterocycles. The number of likely N-dealkylation sites (N-methyl/N-ethyl adjacent to an activating group) is 1. The molecule has 2 heterocycles. The number of rotatable bonds is 3. The largest absolute Gasteiger partial charge is 0.363 e. The lowest BCUT2D eigenvalue weighted by molar-refractivity contribution is -0.935. The fraction of sp³-hybridized carbons (Fsp3) is 0.455. The Morgan fingerprint density at radius 3 is 2.50 bits per heavy atom. The molecule has 0 radical (unpaired) electrons. The van der Waals surface area contributed by atoms with Crippen molar-refractivity contribution in [3.63, 3.8) is 0 Å². The van der Waals surface area contributed by atoms with Crippen molar-refractivity contribution >= 4 is 5.69 Å². The minimum Gasteiger partial charge on any atom is -0.363 e. The number of anilines is 1. The van der Waals surface area contributed by atoms with E-state index in [1.807, 2.05) is 0 Å². The second kappa shape index (κ2) is 5.93. The third-order valence-corrected chi connectivity index (χ3v) is 6.50. The van der Waals surface area contributed by atoms with E-state index in [-0.39, 0.29) is 0 Å².